The second-order valence-electron chi connectivity index (χ2n) is 3.75. The molecule has 0 atom stereocenters. The van der Waals surface area contributed by atoms with Gasteiger partial charge in [-0.15, -0.1) is 0 Å². The van der Waals surface area contributed by atoms with Crippen LogP contribution in [-0.2, 0) is 6.54 Å². The number of anilines is 2. The van der Waals surface area contributed by atoms with E-state index >= 15 is 0 Å². The molecule has 0 aliphatic heterocycles. The summed E-state index contributed by atoms with van der Waals surface area (Å²) in [5.74, 6) is -1.11. The first-order valence-electron chi connectivity index (χ1n) is 5.36. The van der Waals surface area contributed by atoms with Crippen LogP contribution in [0.4, 0.5) is 20.4 Å². The van der Waals surface area contributed by atoms with Gasteiger partial charge in [0.15, 0.2) is 11.6 Å². The summed E-state index contributed by atoms with van der Waals surface area (Å²) < 4.78 is 27.7. The number of halogens is 2. The molecule has 1 aromatic heterocycles. The molecule has 1 heterocycles. The lowest BCUT2D eigenvalue weighted by molar-refractivity contribution is 0.509. The summed E-state index contributed by atoms with van der Waals surface area (Å²) in [5.41, 5.74) is 1.35. The molecule has 17 heavy (non-hydrogen) atoms. The minimum atomic E-state index is -0.874. The number of benzene rings is 1. The van der Waals surface area contributed by atoms with Crippen molar-refractivity contribution < 1.29 is 8.78 Å². The van der Waals surface area contributed by atoms with Gasteiger partial charge in [-0.2, -0.15) is 0 Å². The van der Waals surface area contributed by atoms with Gasteiger partial charge >= 0.3 is 0 Å². The first kappa shape index (κ1) is 11.6. The lowest BCUT2D eigenvalue weighted by Crippen LogP contribution is -2.01. The highest BCUT2D eigenvalue weighted by Crippen LogP contribution is 2.18. The van der Waals surface area contributed by atoms with E-state index in [9.17, 15) is 8.78 Å². The smallest absolute Gasteiger partial charge is 0.207 e. The molecule has 0 fully saturated rings. The van der Waals surface area contributed by atoms with Crippen LogP contribution in [-0.4, -0.2) is 9.55 Å². The molecular formula is C12H13F2N3. The van der Waals surface area contributed by atoms with Crippen LogP contribution in [0.1, 0.15) is 12.6 Å². The number of hydrogen-bond acceptors (Lipinski definition) is 2. The van der Waals surface area contributed by atoms with Crippen molar-refractivity contribution in [3.8, 4) is 0 Å². The lowest BCUT2D eigenvalue weighted by Gasteiger charge is -2.07. The van der Waals surface area contributed by atoms with Gasteiger partial charge in [-0.3, -0.25) is 0 Å². The molecule has 0 saturated heterocycles. The normalized spacial score (nSPS) is 10.6. The van der Waals surface area contributed by atoms with E-state index in [1.165, 1.54) is 6.07 Å². The number of aryl methyl sites for hydroxylation is 2. The summed E-state index contributed by atoms with van der Waals surface area (Å²) in [5, 5.41) is 2.96. The van der Waals surface area contributed by atoms with Gasteiger partial charge in [0.25, 0.3) is 0 Å². The molecular weight excluding hydrogens is 224 g/mol. The van der Waals surface area contributed by atoms with Crippen LogP contribution in [0.2, 0.25) is 0 Å². The van der Waals surface area contributed by atoms with E-state index in [0.717, 1.165) is 24.4 Å². The van der Waals surface area contributed by atoms with Crippen molar-refractivity contribution >= 4 is 11.6 Å². The third-order valence-electron chi connectivity index (χ3n) is 2.41. The molecule has 1 N–H and O–H groups in total. The largest absolute Gasteiger partial charge is 0.326 e. The van der Waals surface area contributed by atoms with Gasteiger partial charge in [0, 0.05) is 24.5 Å². The molecule has 1 aromatic carbocycles. The van der Waals surface area contributed by atoms with Gasteiger partial charge in [-0.1, -0.05) is 0 Å². The molecule has 90 valence electrons. The Morgan fingerprint density at radius 1 is 1.29 bits per heavy atom. The predicted octanol–water partition coefficient (Wildman–Crippen LogP) is 3.23. The average molecular weight is 237 g/mol. The Morgan fingerprint density at radius 3 is 2.71 bits per heavy atom. The minimum absolute atomic E-state index is 0.476. The molecule has 0 unspecified atom stereocenters. The molecule has 5 heteroatoms. The van der Waals surface area contributed by atoms with Gasteiger partial charge in [0.1, 0.15) is 0 Å². The quantitative estimate of drug-likeness (QED) is 0.888. The van der Waals surface area contributed by atoms with Gasteiger partial charge in [-0.05, 0) is 26.0 Å². The van der Waals surface area contributed by atoms with Gasteiger partial charge in [0.05, 0.1) is 5.69 Å². The Balaban J connectivity index is 2.27. The Bertz CT molecular complexity index is 535. The zero-order valence-electron chi connectivity index (χ0n) is 9.67. The molecule has 0 saturated carbocycles. The van der Waals surface area contributed by atoms with Crippen LogP contribution in [0.3, 0.4) is 0 Å². The molecule has 0 aliphatic rings. The van der Waals surface area contributed by atoms with Crippen LogP contribution in [0, 0.1) is 18.6 Å². The number of nitrogens with zero attached hydrogens (tertiary/aromatic N) is 2. The summed E-state index contributed by atoms with van der Waals surface area (Å²) in [4.78, 5) is 4.26. The second-order valence-corrected chi connectivity index (χ2v) is 3.75. The predicted molar refractivity (Wildman–Crippen MR) is 62.3 cm³/mol. The highest BCUT2D eigenvalue weighted by Gasteiger charge is 2.06. The van der Waals surface area contributed by atoms with E-state index in [1.807, 2.05) is 24.6 Å². The van der Waals surface area contributed by atoms with E-state index in [1.54, 1.807) is 0 Å². The summed E-state index contributed by atoms with van der Waals surface area (Å²) in [6.07, 6.45) is 1.89. The standard InChI is InChI=1S/C12H13F2N3/c1-3-17-7-8(2)15-12(17)16-9-4-5-10(13)11(14)6-9/h4-7H,3H2,1-2H3,(H,15,16). The summed E-state index contributed by atoms with van der Waals surface area (Å²) >= 11 is 0. The maximum atomic E-state index is 13.0. The first-order valence-corrected chi connectivity index (χ1v) is 5.36. The molecule has 2 rings (SSSR count). The lowest BCUT2D eigenvalue weighted by atomic mass is 10.3. The van der Waals surface area contributed by atoms with Gasteiger partial charge in [0.2, 0.25) is 5.95 Å². The van der Waals surface area contributed by atoms with E-state index in [4.69, 9.17) is 0 Å². The van der Waals surface area contributed by atoms with Crippen LogP contribution < -0.4 is 5.32 Å². The molecule has 0 aliphatic carbocycles. The highest BCUT2D eigenvalue weighted by molar-refractivity contribution is 5.53. The van der Waals surface area contributed by atoms with Crippen molar-refractivity contribution in [1.82, 2.24) is 9.55 Å². The van der Waals surface area contributed by atoms with Crippen molar-refractivity contribution in [2.24, 2.45) is 0 Å². The maximum Gasteiger partial charge on any atom is 0.207 e. The summed E-state index contributed by atoms with van der Waals surface area (Å²) in [6.45, 7) is 4.62. The van der Waals surface area contributed by atoms with Crippen LogP contribution >= 0.6 is 0 Å². The van der Waals surface area contributed by atoms with Crippen molar-refractivity contribution in [3.05, 3.63) is 41.7 Å². The zero-order valence-corrected chi connectivity index (χ0v) is 9.67. The number of aromatic nitrogens is 2. The van der Waals surface area contributed by atoms with Crippen LogP contribution in [0.5, 0.6) is 0 Å². The van der Waals surface area contributed by atoms with E-state index in [2.05, 4.69) is 10.3 Å². The fraction of sp³-hybridized carbons (Fsp3) is 0.250. The molecule has 2 aromatic rings. The fourth-order valence-electron chi connectivity index (χ4n) is 1.59. The Hall–Kier alpha value is -1.91. The van der Waals surface area contributed by atoms with Crippen LogP contribution in [0.25, 0.3) is 0 Å². The van der Waals surface area contributed by atoms with Gasteiger partial charge in [-0.25, -0.2) is 13.8 Å². The number of imidazole rings is 1. The maximum absolute atomic E-state index is 13.0. The molecule has 0 amide bonds. The van der Waals surface area contributed by atoms with E-state index in [-0.39, 0.29) is 0 Å². The Morgan fingerprint density at radius 2 is 2.06 bits per heavy atom. The molecule has 0 radical (unpaired) electrons. The fourth-order valence-corrected chi connectivity index (χ4v) is 1.59. The zero-order chi connectivity index (χ0) is 12.4. The SMILES string of the molecule is CCn1cc(C)nc1Nc1ccc(F)c(F)c1. The summed E-state index contributed by atoms with van der Waals surface area (Å²) in [7, 11) is 0. The number of rotatable bonds is 3. The highest BCUT2D eigenvalue weighted by atomic mass is 19.2. The first-order chi connectivity index (χ1) is 8.10. The average Bonchev–Trinajstić information content (AvgIpc) is 2.64. The minimum Gasteiger partial charge on any atom is -0.326 e. The molecule has 0 bridgehead atoms. The Labute approximate surface area is 98.1 Å². The van der Waals surface area contributed by atoms with E-state index < -0.39 is 11.6 Å². The van der Waals surface area contributed by atoms with Crippen molar-refractivity contribution in [2.45, 2.75) is 20.4 Å². The topological polar surface area (TPSA) is 29.9 Å². The van der Waals surface area contributed by atoms with Gasteiger partial charge < -0.3 is 9.88 Å². The van der Waals surface area contributed by atoms with E-state index in [0.29, 0.717) is 11.6 Å². The van der Waals surface area contributed by atoms with Crippen LogP contribution in [0.15, 0.2) is 24.4 Å². The third-order valence-corrected chi connectivity index (χ3v) is 2.41. The number of nitrogens with one attached hydrogen (secondary N) is 1. The van der Waals surface area contributed by atoms with Crippen molar-refractivity contribution in [2.75, 3.05) is 5.32 Å². The number of hydrogen-bond donors (Lipinski definition) is 1. The molecule has 0 spiro atoms. The Kier molecular flexibility index (Phi) is 3.08. The molecule has 3 nitrogen and oxygen atoms in total. The third kappa shape index (κ3) is 2.43. The van der Waals surface area contributed by atoms with Crippen molar-refractivity contribution in [3.63, 3.8) is 0 Å². The van der Waals surface area contributed by atoms with Crippen molar-refractivity contribution in [1.29, 1.82) is 0 Å². The monoisotopic (exact) mass is 237 g/mol. The summed E-state index contributed by atoms with van der Waals surface area (Å²) in [6, 6.07) is 3.67. The second kappa shape index (κ2) is 4.53.